The fraction of sp³-hybridized carbons (Fsp3) is 0.538. The van der Waals surface area contributed by atoms with Gasteiger partial charge in [-0.2, -0.15) is 0 Å². The number of likely N-dealkylation sites (tertiary alicyclic amines) is 1. The maximum Gasteiger partial charge on any atom is 0.151 e. The van der Waals surface area contributed by atoms with Gasteiger partial charge in [0, 0.05) is 31.4 Å². The highest BCUT2D eigenvalue weighted by Crippen LogP contribution is 2.18. The van der Waals surface area contributed by atoms with Crippen molar-refractivity contribution in [3.8, 4) is 0 Å². The summed E-state index contributed by atoms with van der Waals surface area (Å²) in [5.74, 6) is 0.927. The van der Waals surface area contributed by atoms with Crippen molar-refractivity contribution in [2.24, 2.45) is 0 Å². The number of pyridine rings is 1. The zero-order valence-corrected chi connectivity index (χ0v) is 10.5. The van der Waals surface area contributed by atoms with E-state index in [1.165, 1.54) is 19.4 Å². The molecular formula is C13H19N3O. The van der Waals surface area contributed by atoms with Crippen LogP contribution in [-0.2, 0) is 0 Å². The van der Waals surface area contributed by atoms with Crippen LogP contribution in [0.25, 0.3) is 0 Å². The van der Waals surface area contributed by atoms with Crippen LogP contribution in [0.3, 0.4) is 0 Å². The Bertz CT molecular complexity index is 377. The van der Waals surface area contributed by atoms with Gasteiger partial charge in [0.2, 0.25) is 0 Å². The molecular weight excluding hydrogens is 214 g/mol. The minimum absolute atomic E-state index is 0.618. The Labute approximate surface area is 102 Å². The molecule has 0 aliphatic carbocycles. The molecule has 0 N–H and O–H groups in total. The molecule has 1 aliphatic rings. The summed E-state index contributed by atoms with van der Waals surface area (Å²) in [6.45, 7) is 2.18. The highest BCUT2D eigenvalue weighted by molar-refractivity contribution is 5.74. The van der Waals surface area contributed by atoms with Gasteiger partial charge in [0.15, 0.2) is 6.29 Å². The number of anilines is 1. The molecule has 0 saturated carbocycles. The fourth-order valence-electron chi connectivity index (χ4n) is 2.31. The van der Waals surface area contributed by atoms with Crippen molar-refractivity contribution >= 4 is 12.1 Å². The molecule has 0 radical (unpaired) electrons. The molecule has 1 aromatic heterocycles. The van der Waals surface area contributed by atoms with Gasteiger partial charge in [-0.1, -0.05) is 0 Å². The van der Waals surface area contributed by atoms with E-state index in [1.807, 2.05) is 12.1 Å². The van der Waals surface area contributed by atoms with Gasteiger partial charge in [0.1, 0.15) is 5.82 Å². The van der Waals surface area contributed by atoms with Gasteiger partial charge in [-0.25, -0.2) is 4.98 Å². The summed E-state index contributed by atoms with van der Waals surface area (Å²) in [6.07, 6.45) is 4.98. The second kappa shape index (κ2) is 5.27. The van der Waals surface area contributed by atoms with Crippen molar-refractivity contribution in [2.45, 2.75) is 18.9 Å². The first-order valence-electron chi connectivity index (χ1n) is 6.03. The first-order chi connectivity index (χ1) is 8.20. The van der Waals surface area contributed by atoms with Crippen LogP contribution < -0.4 is 4.90 Å². The number of carbonyl (C=O) groups is 1. The molecule has 1 aliphatic heterocycles. The highest BCUT2D eigenvalue weighted by atomic mass is 16.1. The predicted molar refractivity (Wildman–Crippen MR) is 68.5 cm³/mol. The zero-order chi connectivity index (χ0) is 12.3. The van der Waals surface area contributed by atoms with Crippen molar-refractivity contribution in [1.29, 1.82) is 0 Å². The van der Waals surface area contributed by atoms with Crippen molar-refractivity contribution in [2.75, 3.05) is 32.1 Å². The molecule has 1 unspecified atom stereocenters. The topological polar surface area (TPSA) is 36.4 Å². The molecule has 4 heteroatoms. The summed E-state index contributed by atoms with van der Waals surface area (Å²) in [6, 6.07) is 4.33. The minimum atomic E-state index is 0.618. The Kier molecular flexibility index (Phi) is 3.74. The van der Waals surface area contributed by atoms with Gasteiger partial charge in [-0.05, 0) is 38.6 Å². The third kappa shape index (κ3) is 2.82. The van der Waals surface area contributed by atoms with E-state index in [9.17, 15) is 4.79 Å². The van der Waals surface area contributed by atoms with Gasteiger partial charge in [-0.3, -0.25) is 4.79 Å². The lowest BCUT2D eigenvalue weighted by molar-refractivity contribution is 0.112. The molecule has 2 rings (SSSR count). The van der Waals surface area contributed by atoms with Gasteiger partial charge >= 0.3 is 0 Å². The molecule has 0 spiro atoms. The molecule has 0 bridgehead atoms. The quantitative estimate of drug-likeness (QED) is 0.737. The van der Waals surface area contributed by atoms with Crippen molar-refractivity contribution < 1.29 is 4.79 Å². The number of aldehydes is 1. The van der Waals surface area contributed by atoms with Crippen LogP contribution in [0.5, 0.6) is 0 Å². The van der Waals surface area contributed by atoms with Crippen LogP contribution in [0.1, 0.15) is 23.2 Å². The zero-order valence-electron chi connectivity index (χ0n) is 10.5. The maximum absolute atomic E-state index is 10.5. The summed E-state index contributed by atoms with van der Waals surface area (Å²) in [5, 5.41) is 0. The summed E-state index contributed by atoms with van der Waals surface area (Å²) in [5.41, 5.74) is 0.625. The summed E-state index contributed by atoms with van der Waals surface area (Å²) in [7, 11) is 4.23. The van der Waals surface area contributed by atoms with E-state index in [4.69, 9.17) is 0 Å². The van der Waals surface area contributed by atoms with E-state index in [1.54, 1.807) is 6.20 Å². The first kappa shape index (κ1) is 12.0. The van der Waals surface area contributed by atoms with Crippen LogP contribution in [-0.4, -0.2) is 49.4 Å². The Hall–Kier alpha value is -1.42. The number of hydrogen-bond donors (Lipinski definition) is 0. The van der Waals surface area contributed by atoms with E-state index in [-0.39, 0.29) is 0 Å². The lowest BCUT2D eigenvalue weighted by Gasteiger charge is -2.26. The number of hydrogen-bond acceptors (Lipinski definition) is 4. The first-order valence-corrected chi connectivity index (χ1v) is 6.03. The summed E-state index contributed by atoms with van der Waals surface area (Å²) < 4.78 is 0. The van der Waals surface area contributed by atoms with Gasteiger partial charge < -0.3 is 9.80 Å². The Morgan fingerprint density at radius 3 is 2.94 bits per heavy atom. The Morgan fingerprint density at radius 1 is 1.59 bits per heavy atom. The average Bonchev–Trinajstić information content (AvgIpc) is 2.75. The monoisotopic (exact) mass is 233 g/mol. The third-order valence-electron chi connectivity index (χ3n) is 3.45. The number of likely N-dealkylation sites (N-methyl/N-ethyl adjacent to an activating group) is 2. The molecule has 92 valence electrons. The van der Waals surface area contributed by atoms with Gasteiger partial charge in [-0.15, -0.1) is 0 Å². The number of rotatable bonds is 4. The van der Waals surface area contributed by atoms with Crippen LogP contribution in [0.4, 0.5) is 5.82 Å². The molecule has 1 fully saturated rings. The average molecular weight is 233 g/mol. The minimum Gasteiger partial charge on any atom is -0.358 e. The van der Waals surface area contributed by atoms with E-state index in [0.717, 1.165) is 18.6 Å². The largest absolute Gasteiger partial charge is 0.358 e. The second-order valence-electron chi connectivity index (χ2n) is 4.72. The Balaban J connectivity index is 1.98. The maximum atomic E-state index is 10.5. The number of nitrogens with zero attached hydrogens (tertiary/aromatic N) is 3. The molecule has 1 aromatic rings. The van der Waals surface area contributed by atoms with Crippen molar-refractivity contribution in [3.63, 3.8) is 0 Å². The molecule has 0 aromatic carbocycles. The Morgan fingerprint density at radius 2 is 2.41 bits per heavy atom. The fourth-order valence-corrected chi connectivity index (χ4v) is 2.31. The van der Waals surface area contributed by atoms with E-state index in [2.05, 4.69) is 28.9 Å². The second-order valence-corrected chi connectivity index (χ2v) is 4.72. The molecule has 1 saturated heterocycles. The van der Waals surface area contributed by atoms with Crippen molar-refractivity contribution in [3.05, 3.63) is 23.9 Å². The van der Waals surface area contributed by atoms with Crippen LogP contribution >= 0.6 is 0 Å². The normalized spacial score (nSPS) is 20.5. The van der Waals surface area contributed by atoms with E-state index < -0.39 is 0 Å². The number of aromatic nitrogens is 1. The van der Waals surface area contributed by atoms with Crippen LogP contribution in [0.2, 0.25) is 0 Å². The van der Waals surface area contributed by atoms with Crippen LogP contribution in [0, 0.1) is 0 Å². The van der Waals surface area contributed by atoms with Gasteiger partial charge in [0.25, 0.3) is 0 Å². The van der Waals surface area contributed by atoms with E-state index >= 15 is 0 Å². The standard InChI is InChI=1S/C13H19N3O/c1-15-7-3-4-12(15)9-16(2)13-6-5-11(10-17)8-14-13/h5-6,8,10,12H,3-4,7,9H2,1-2H3. The highest BCUT2D eigenvalue weighted by Gasteiger charge is 2.22. The molecule has 4 nitrogen and oxygen atoms in total. The lowest BCUT2D eigenvalue weighted by atomic mass is 10.2. The summed E-state index contributed by atoms with van der Waals surface area (Å²) >= 11 is 0. The van der Waals surface area contributed by atoms with Gasteiger partial charge in [0.05, 0.1) is 0 Å². The lowest BCUT2D eigenvalue weighted by Crippen LogP contribution is -2.36. The summed E-state index contributed by atoms with van der Waals surface area (Å²) in [4.78, 5) is 19.4. The predicted octanol–water partition coefficient (Wildman–Crippen LogP) is 1.42. The van der Waals surface area contributed by atoms with Crippen LogP contribution in [0.15, 0.2) is 18.3 Å². The number of carbonyl (C=O) groups excluding carboxylic acids is 1. The smallest absolute Gasteiger partial charge is 0.151 e. The molecule has 2 heterocycles. The molecule has 0 amide bonds. The van der Waals surface area contributed by atoms with E-state index in [0.29, 0.717) is 11.6 Å². The molecule has 17 heavy (non-hydrogen) atoms. The molecule has 1 atom stereocenters. The van der Waals surface area contributed by atoms with Crippen molar-refractivity contribution in [1.82, 2.24) is 9.88 Å². The SMILES string of the molecule is CN(CC1CCCN1C)c1ccc(C=O)cn1. The third-order valence-corrected chi connectivity index (χ3v) is 3.45.